The van der Waals surface area contributed by atoms with Gasteiger partial charge in [0.05, 0.1) is 7.11 Å². The molecular formula is C20H16BrClN2O4S. The van der Waals surface area contributed by atoms with Crippen LogP contribution in [0.5, 0.6) is 5.75 Å². The average molecular weight is 496 g/mol. The Hall–Kier alpha value is -2.55. The molecule has 3 rings (SSSR count). The van der Waals surface area contributed by atoms with Gasteiger partial charge in [0.25, 0.3) is 15.9 Å². The van der Waals surface area contributed by atoms with Crippen LogP contribution in [0.4, 0.5) is 11.4 Å². The fraction of sp³-hybridized carbons (Fsp3) is 0.0500. The van der Waals surface area contributed by atoms with Crippen molar-refractivity contribution >= 4 is 54.8 Å². The maximum Gasteiger partial charge on any atom is 0.265 e. The van der Waals surface area contributed by atoms with Gasteiger partial charge < -0.3 is 10.1 Å². The highest BCUT2D eigenvalue weighted by Crippen LogP contribution is 2.29. The van der Waals surface area contributed by atoms with E-state index < -0.39 is 10.0 Å². The fourth-order valence-corrected chi connectivity index (χ4v) is 4.14. The summed E-state index contributed by atoms with van der Waals surface area (Å²) in [4.78, 5) is 12.3. The first-order valence-corrected chi connectivity index (χ1v) is 11.0. The van der Waals surface area contributed by atoms with Gasteiger partial charge in [-0.15, -0.1) is 0 Å². The van der Waals surface area contributed by atoms with Gasteiger partial charge in [-0.2, -0.15) is 0 Å². The second-order valence-electron chi connectivity index (χ2n) is 5.94. The Morgan fingerprint density at radius 3 is 2.21 bits per heavy atom. The molecule has 1 amide bonds. The Bertz CT molecular complexity index is 1130. The van der Waals surface area contributed by atoms with Gasteiger partial charge in [-0.25, -0.2) is 8.42 Å². The number of benzene rings is 3. The van der Waals surface area contributed by atoms with E-state index in [0.717, 1.165) is 4.47 Å². The van der Waals surface area contributed by atoms with Gasteiger partial charge in [0, 0.05) is 26.4 Å². The third-order valence-corrected chi connectivity index (χ3v) is 6.10. The topological polar surface area (TPSA) is 84.5 Å². The van der Waals surface area contributed by atoms with Crippen molar-refractivity contribution in [2.45, 2.75) is 4.90 Å². The van der Waals surface area contributed by atoms with Crippen LogP contribution in [0.2, 0.25) is 5.02 Å². The maximum absolute atomic E-state index is 12.9. The van der Waals surface area contributed by atoms with Gasteiger partial charge in [0.15, 0.2) is 0 Å². The van der Waals surface area contributed by atoms with Crippen molar-refractivity contribution in [1.82, 2.24) is 0 Å². The molecule has 0 aliphatic heterocycles. The predicted octanol–water partition coefficient (Wildman–Crippen LogP) is 5.16. The van der Waals surface area contributed by atoms with Crippen LogP contribution in [0.1, 0.15) is 10.4 Å². The molecule has 0 spiro atoms. The molecule has 0 atom stereocenters. The van der Waals surface area contributed by atoms with Gasteiger partial charge in [-0.1, -0.05) is 27.5 Å². The van der Waals surface area contributed by atoms with Crippen LogP contribution in [-0.2, 0) is 10.0 Å². The number of hydrogen-bond acceptors (Lipinski definition) is 4. The monoisotopic (exact) mass is 494 g/mol. The zero-order chi connectivity index (χ0) is 21.0. The minimum absolute atomic E-state index is 0.108. The number of rotatable bonds is 6. The van der Waals surface area contributed by atoms with Crippen molar-refractivity contribution in [3.05, 3.63) is 81.8 Å². The van der Waals surface area contributed by atoms with Crippen LogP contribution in [-0.4, -0.2) is 21.4 Å². The summed E-state index contributed by atoms with van der Waals surface area (Å²) in [6.07, 6.45) is 0. The molecular weight excluding hydrogens is 480 g/mol. The molecule has 150 valence electrons. The van der Waals surface area contributed by atoms with E-state index in [0.29, 0.717) is 22.0 Å². The van der Waals surface area contributed by atoms with Crippen LogP contribution in [0, 0.1) is 0 Å². The number of methoxy groups -OCH3 is 1. The molecule has 0 radical (unpaired) electrons. The minimum Gasteiger partial charge on any atom is -0.495 e. The van der Waals surface area contributed by atoms with Crippen molar-refractivity contribution in [2.24, 2.45) is 0 Å². The smallest absolute Gasteiger partial charge is 0.265 e. The Morgan fingerprint density at radius 2 is 1.59 bits per heavy atom. The highest BCUT2D eigenvalue weighted by molar-refractivity contribution is 9.10. The summed E-state index contributed by atoms with van der Waals surface area (Å²) in [7, 11) is -2.60. The van der Waals surface area contributed by atoms with Crippen molar-refractivity contribution < 1.29 is 17.9 Å². The largest absolute Gasteiger partial charge is 0.495 e. The normalized spacial score (nSPS) is 11.0. The number of halogens is 2. The molecule has 0 bridgehead atoms. The van der Waals surface area contributed by atoms with E-state index in [1.165, 1.54) is 19.2 Å². The number of ether oxygens (including phenoxy) is 1. The van der Waals surface area contributed by atoms with E-state index in [1.807, 2.05) is 0 Å². The summed E-state index contributed by atoms with van der Waals surface area (Å²) in [5, 5.41) is 3.18. The lowest BCUT2D eigenvalue weighted by Gasteiger charge is -2.14. The molecule has 0 saturated carbocycles. The number of nitrogens with one attached hydrogen (secondary N) is 2. The molecule has 2 N–H and O–H groups in total. The van der Waals surface area contributed by atoms with E-state index in [-0.39, 0.29) is 16.6 Å². The molecule has 0 aliphatic rings. The summed E-state index contributed by atoms with van der Waals surface area (Å²) in [6.45, 7) is 0. The Morgan fingerprint density at radius 1 is 0.966 bits per heavy atom. The van der Waals surface area contributed by atoms with E-state index >= 15 is 0 Å². The lowest BCUT2D eigenvalue weighted by molar-refractivity contribution is 0.102. The second-order valence-corrected chi connectivity index (χ2v) is 8.94. The van der Waals surface area contributed by atoms with Gasteiger partial charge in [0.1, 0.15) is 10.6 Å². The molecule has 0 aromatic heterocycles. The zero-order valence-electron chi connectivity index (χ0n) is 15.1. The number of carbonyl (C=O) groups is 1. The van der Waals surface area contributed by atoms with Crippen molar-refractivity contribution in [3.8, 4) is 5.75 Å². The average Bonchev–Trinajstić information content (AvgIpc) is 2.70. The standard InChI is InChI=1S/C20H16BrClN2O4S/c1-28-18-11-10-17(23-20(25)13-2-4-14(21)5-3-13)12-19(18)29(26,27)24-16-8-6-15(22)7-9-16/h2-12,24H,1H3,(H,23,25). The van der Waals surface area contributed by atoms with Crippen LogP contribution in [0.3, 0.4) is 0 Å². The first kappa shape index (κ1) is 21.2. The highest BCUT2D eigenvalue weighted by atomic mass is 79.9. The van der Waals surface area contributed by atoms with Crippen molar-refractivity contribution in [3.63, 3.8) is 0 Å². The van der Waals surface area contributed by atoms with Crippen LogP contribution in [0.15, 0.2) is 76.1 Å². The van der Waals surface area contributed by atoms with Gasteiger partial charge >= 0.3 is 0 Å². The predicted molar refractivity (Wildman–Crippen MR) is 117 cm³/mol. The molecule has 0 saturated heterocycles. The number of hydrogen-bond donors (Lipinski definition) is 2. The van der Waals surface area contributed by atoms with E-state index in [9.17, 15) is 13.2 Å². The van der Waals surface area contributed by atoms with Crippen LogP contribution < -0.4 is 14.8 Å². The van der Waals surface area contributed by atoms with Gasteiger partial charge in [-0.05, 0) is 66.7 Å². The molecule has 3 aromatic carbocycles. The fourth-order valence-electron chi connectivity index (χ4n) is 2.50. The Balaban J connectivity index is 1.88. The first-order chi connectivity index (χ1) is 13.8. The van der Waals surface area contributed by atoms with Crippen LogP contribution >= 0.6 is 27.5 Å². The molecule has 0 aliphatic carbocycles. The molecule has 9 heteroatoms. The Labute approximate surface area is 182 Å². The lowest BCUT2D eigenvalue weighted by atomic mass is 10.2. The summed E-state index contributed by atoms with van der Waals surface area (Å²) >= 11 is 9.15. The third-order valence-electron chi connectivity index (χ3n) is 3.91. The highest BCUT2D eigenvalue weighted by Gasteiger charge is 2.21. The number of carbonyl (C=O) groups excluding carboxylic acids is 1. The summed E-state index contributed by atoms with van der Waals surface area (Å²) in [5.41, 5.74) is 1.10. The molecule has 0 fully saturated rings. The second kappa shape index (κ2) is 8.86. The first-order valence-electron chi connectivity index (χ1n) is 8.32. The minimum atomic E-state index is -3.97. The lowest BCUT2D eigenvalue weighted by Crippen LogP contribution is -2.16. The Kier molecular flexibility index (Phi) is 6.46. The molecule has 0 unspecified atom stereocenters. The molecule has 0 heterocycles. The SMILES string of the molecule is COc1ccc(NC(=O)c2ccc(Br)cc2)cc1S(=O)(=O)Nc1ccc(Cl)cc1. The number of amides is 1. The summed E-state index contributed by atoms with van der Waals surface area (Å²) in [5.74, 6) is -0.218. The van der Waals surface area contributed by atoms with Gasteiger partial charge in [0.2, 0.25) is 0 Å². The zero-order valence-corrected chi connectivity index (χ0v) is 18.3. The third kappa shape index (κ3) is 5.29. The quantitative estimate of drug-likeness (QED) is 0.494. The van der Waals surface area contributed by atoms with E-state index in [4.69, 9.17) is 16.3 Å². The molecule has 29 heavy (non-hydrogen) atoms. The number of anilines is 2. The maximum atomic E-state index is 12.9. The van der Waals surface area contributed by atoms with Crippen molar-refractivity contribution in [2.75, 3.05) is 17.1 Å². The van der Waals surface area contributed by atoms with Crippen LogP contribution in [0.25, 0.3) is 0 Å². The molecule has 3 aromatic rings. The summed E-state index contributed by atoms with van der Waals surface area (Å²) in [6, 6.07) is 17.4. The summed E-state index contributed by atoms with van der Waals surface area (Å²) < 4.78 is 34.2. The van der Waals surface area contributed by atoms with E-state index in [2.05, 4.69) is 26.0 Å². The van der Waals surface area contributed by atoms with E-state index in [1.54, 1.807) is 54.6 Å². The molecule has 6 nitrogen and oxygen atoms in total. The van der Waals surface area contributed by atoms with Crippen molar-refractivity contribution in [1.29, 1.82) is 0 Å². The number of sulfonamides is 1. The van der Waals surface area contributed by atoms with Gasteiger partial charge in [-0.3, -0.25) is 9.52 Å².